The molecular formula is C11H10N2O2. The van der Waals surface area contributed by atoms with Crippen LogP contribution in [0.4, 0.5) is 0 Å². The van der Waals surface area contributed by atoms with Crippen LogP contribution in [-0.4, -0.2) is 4.57 Å². The van der Waals surface area contributed by atoms with Gasteiger partial charge in [-0.05, 0) is 24.6 Å². The number of fused-ring (bicyclic) bond motifs is 1. The SMILES string of the molecule is CCn1c(=O)oc2ccc(CC#N)cc21. The molecule has 1 aromatic carbocycles. The van der Waals surface area contributed by atoms with Gasteiger partial charge < -0.3 is 4.42 Å². The Bertz CT molecular complexity index is 587. The third-order valence-electron chi connectivity index (χ3n) is 2.33. The average Bonchev–Trinajstić information content (AvgIpc) is 2.53. The van der Waals surface area contributed by atoms with Crippen LogP contribution in [0.1, 0.15) is 12.5 Å². The van der Waals surface area contributed by atoms with Gasteiger partial charge in [-0.2, -0.15) is 5.26 Å². The van der Waals surface area contributed by atoms with E-state index in [2.05, 4.69) is 6.07 Å². The quantitative estimate of drug-likeness (QED) is 0.744. The summed E-state index contributed by atoms with van der Waals surface area (Å²) >= 11 is 0. The Morgan fingerprint density at radius 2 is 2.33 bits per heavy atom. The second kappa shape index (κ2) is 3.62. The fourth-order valence-corrected chi connectivity index (χ4v) is 1.61. The van der Waals surface area contributed by atoms with Crippen molar-refractivity contribution in [2.45, 2.75) is 19.9 Å². The predicted molar refractivity (Wildman–Crippen MR) is 55.5 cm³/mol. The summed E-state index contributed by atoms with van der Waals surface area (Å²) < 4.78 is 6.60. The number of nitriles is 1. The molecule has 0 radical (unpaired) electrons. The molecule has 0 atom stereocenters. The van der Waals surface area contributed by atoms with Gasteiger partial charge in [-0.1, -0.05) is 6.07 Å². The molecule has 0 saturated carbocycles. The number of benzene rings is 1. The zero-order valence-electron chi connectivity index (χ0n) is 8.36. The van der Waals surface area contributed by atoms with E-state index >= 15 is 0 Å². The maximum atomic E-state index is 11.4. The minimum atomic E-state index is -0.346. The van der Waals surface area contributed by atoms with Gasteiger partial charge >= 0.3 is 5.76 Å². The molecule has 0 unspecified atom stereocenters. The first-order valence-electron chi connectivity index (χ1n) is 4.75. The third kappa shape index (κ3) is 1.52. The van der Waals surface area contributed by atoms with Crippen molar-refractivity contribution in [3.63, 3.8) is 0 Å². The van der Waals surface area contributed by atoms with E-state index in [-0.39, 0.29) is 5.76 Å². The Labute approximate surface area is 86.4 Å². The number of rotatable bonds is 2. The lowest BCUT2D eigenvalue weighted by Crippen LogP contribution is -2.12. The molecule has 15 heavy (non-hydrogen) atoms. The van der Waals surface area contributed by atoms with E-state index in [1.807, 2.05) is 13.0 Å². The molecular weight excluding hydrogens is 192 g/mol. The fraction of sp³-hybridized carbons (Fsp3) is 0.273. The standard InChI is InChI=1S/C11H10N2O2/c1-2-13-9-7-8(5-6-12)3-4-10(9)15-11(13)14/h3-4,7H,2,5H2,1H3. The molecule has 2 aromatic rings. The van der Waals surface area contributed by atoms with Crippen LogP contribution in [-0.2, 0) is 13.0 Å². The molecule has 0 aliphatic rings. The van der Waals surface area contributed by atoms with Crippen LogP contribution in [0.5, 0.6) is 0 Å². The smallest absolute Gasteiger partial charge is 0.408 e. The van der Waals surface area contributed by atoms with Crippen LogP contribution in [0.2, 0.25) is 0 Å². The normalized spacial score (nSPS) is 10.4. The van der Waals surface area contributed by atoms with Crippen LogP contribution in [0.15, 0.2) is 27.4 Å². The van der Waals surface area contributed by atoms with Crippen molar-refractivity contribution in [2.24, 2.45) is 0 Å². The van der Waals surface area contributed by atoms with E-state index in [9.17, 15) is 4.79 Å². The average molecular weight is 202 g/mol. The van der Waals surface area contributed by atoms with Gasteiger partial charge in [0, 0.05) is 6.54 Å². The van der Waals surface area contributed by atoms with E-state index < -0.39 is 0 Å². The van der Waals surface area contributed by atoms with Crippen LogP contribution >= 0.6 is 0 Å². The molecule has 0 spiro atoms. The van der Waals surface area contributed by atoms with Gasteiger partial charge in [0.25, 0.3) is 0 Å². The summed E-state index contributed by atoms with van der Waals surface area (Å²) in [4.78, 5) is 11.4. The highest BCUT2D eigenvalue weighted by Gasteiger charge is 2.07. The Morgan fingerprint density at radius 3 is 3.00 bits per heavy atom. The third-order valence-corrected chi connectivity index (χ3v) is 2.33. The Morgan fingerprint density at radius 1 is 1.53 bits per heavy atom. The summed E-state index contributed by atoms with van der Waals surface area (Å²) in [5.41, 5.74) is 2.23. The Balaban J connectivity index is 2.69. The van der Waals surface area contributed by atoms with Gasteiger partial charge in [0.05, 0.1) is 18.0 Å². The maximum absolute atomic E-state index is 11.4. The summed E-state index contributed by atoms with van der Waals surface area (Å²) in [6.45, 7) is 2.45. The highest BCUT2D eigenvalue weighted by Crippen LogP contribution is 2.15. The Kier molecular flexibility index (Phi) is 2.30. The Hall–Kier alpha value is -2.02. The molecule has 1 aromatic heterocycles. The van der Waals surface area contributed by atoms with E-state index in [1.165, 1.54) is 0 Å². The van der Waals surface area contributed by atoms with Crippen molar-refractivity contribution in [3.8, 4) is 6.07 Å². The van der Waals surface area contributed by atoms with E-state index in [1.54, 1.807) is 16.7 Å². The minimum absolute atomic E-state index is 0.346. The highest BCUT2D eigenvalue weighted by atomic mass is 16.4. The summed E-state index contributed by atoms with van der Waals surface area (Å²) in [7, 11) is 0. The van der Waals surface area contributed by atoms with Gasteiger partial charge in [-0.15, -0.1) is 0 Å². The molecule has 0 N–H and O–H groups in total. The van der Waals surface area contributed by atoms with Crippen molar-refractivity contribution in [1.82, 2.24) is 4.57 Å². The van der Waals surface area contributed by atoms with Gasteiger partial charge in [-0.3, -0.25) is 4.57 Å². The molecule has 0 bridgehead atoms. The number of oxazole rings is 1. The molecule has 4 heteroatoms. The van der Waals surface area contributed by atoms with Crippen LogP contribution in [0.3, 0.4) is 0 Å². The lowest BCUT2D eigenvalue weighted by atomic mass is 10.1. The molecule has 76 valence electrons. The lowest BCUT2D eigenvalue weighted by Gasteiger charge is -1.97. The second-order valence-electron chi connectivity index (χ2n) is 3.25. The second-order valence-corrected chi connectivity index (χ2v) is 3.25. The molecule has 0 saturated heterocycles. The summed E-state index contributed by atoms with van der Waals surface area (Å²) in [6, 6.07) is 7.43. The van der Waals surface area contributed by atoms with Crippen molar-refractivity contribution in [3.05, 3.63) is 34.3 Å². The highest BCUT2D eigenvalue weighted by molar-refractivity contribution is 5.73. The van der Waals surface area contributed by atoms with Gasteiger partial charge in [0.15, 0.2) is 5.58 Å². The first-order chi connectivity index (χ1) is 7.26. The first-order valence-corrected chi connectivity index (χ1v) is 4.75. The number of aryl methyl sites for hydroxylation is 1. The molecule has 1 heterocycles. The lowest BCUT2D eigenvalue weighted by molar-refractivity contribution is 0.513. The van der Waals surface area contributed by atoms with Crippen molar-refractivity contribution in [2.75, 3.05) is 0 Å². The number of nitrogens with zero attached hydrogens (tertiary/aromatic N) is 2. The van der Waals surface area contributed by atoms with Gasteiger partial charge in [0.2, 0.25) is 0 Å². The molecule has 0 amide bonds. The summed E-state index contributed by atoms with van der Waals surface area (Å²) in [5, 5.41) is 8.58. The monoisotopic (exact) mass is 202 g/mol. The minimum Gasteiger partial charge on any atom is -0.408 e. The van der Waals surface area contributed by atoms with Crippen LogP contribution in [0, 0.1) is 11.3 Å². The topological polar surface area (TPSA) is 58.9 Å². The van der Waals surface area contributed by atoms with Gasteiger partial charge in [-0.25, -0.2) is 4.79 Å². The molecule has 0 fully saturated rings. The van der Waals surface area contributed by atoms with Crippen LogP contribution in [0.25, 0.3) is 11.1 Å². The maximum Gasteiger partial charge on any atom is 0.419 e. The van der Waals surface area contributed by atoms with E-state index in [0.29, 0.717) is 18.5 Å². The van der Waals surface area contributed by atoms with E-state index in [4.69, 9.17) is 9.68 Å². The molecule has 0 aliphatic heterocycles. The van der Waals surface area contributed by atoms with Crippen molar-refractivity contribution in [1.29, 1.82) is 5.26 Å². The number of hydrogen-bond acceptors (Lipinski definition) is 3. The molecule has 0 aliphatic carbocycles. The fourth-order valence-electron chi connectivity index (χ4n) is 1.61. The zero-order chi connectivity index (χ0) is 10.8. The molecule has 2 rings (SSSR count). The first kappa shape index (κ1) is 9.53. The molecule has 4 nitrogen and oxygen atoms in total. The summed E-state index contributed by atoms with van der Waals surface area (Å²) in [5.74, 6) is -0.346. The van der Waals surface area contributed by atoms with E-state index in [0.717, 1.165) is 11.1 Å². The van der Waals surface area contributed by atoms with Gasteiger partial charge in [0.1, 0.15) is 0 Å². The number of hydrogen-bond donors (Lipinski definition) is 0. The summed E-state index contributed by atoms with van der Waals surface area (Å²) in [6.07, 6.45) is 0.346. The number of aromatic nitrogens is 1. The zero-order valence-corrected chi connectivity index (χ0v) is 8.36. The largest absolute Gasteiger partial charge is 0.419 e. The predicted octanol–water partition coefficient (Wildman–Crippen LogP) is 1.68. The van der Waals surface area contributed by atoms with Crippen LogP contribution < -0.4 is 5.76 Å². The van der Waals surface area contributed by atoms with Crippen molar-refractivity contribution >= 4 is 11.1 Å². The van der Waals surface area contributed by atoms with Crippen molar-refractivity contribution < 1.29 is 4.42 Å².